The third-order valence-corrected chi connectivity index (χ3v) is 7.16. The quantitative estimate of drug-likeness (QED) is 0.203. The Morgan fingerprint density at radius 2 is 1.56 bits per heavy atom. The molecule has 4 rings (SSSR count). The highest BCUT2D eigenvalue weighted by atomic mass is 16.4. The average Bonchev–Trinajstić information content (AvgIpc) is 2.94. The lowest BCUT2D eigenvalue weighted by Gasteiger charge is -2.14. The molecule has 0 heterocycles. The molecule has 0 aromatic heterocycles. The lowest BCUT2D eigenvalue weighted by Crippen LogP contribution is -2.23. The largest absolute Gasteiger partial charge is 0.478 e. The first kappa shape index (κ1) is 27.4. The fourth-order valence-electron chi connectivity index (χ4n) is 4.68. The maximum absolute atomic E-state index is 12.9. The Balaban J connectivity index is 1.44. The van der Waals surface area contributed by atoms with Crippen LogP contribution in [-0.2, 0) is 13.0 Å². The Hall–Kier alpha value is -4.64. The number of hydrogen-bond acceptors (Lipinski definition) is 3. The van der Waals surface area contributed by atoms with Crippen molar-refractivity contribution in [1.82, 2.24) is 5.32 Å². The van der Waals surface area contributed by atoms with Gasteiger partial charge in [0.25, 0.3) is 5.91 Å². The topological polar surface area (TPSA) is 92.4 Å². The number of benzene rings is 4. The fraction of sp³-hybridized carbons (Fsp3) is 0.176. The van der Waals surface area contributed by atoms with Crippen LogP contribution >= 0.6 is 0 Å². The molecule has 0 aliphatic heterocycles. The molecule has 0 spiro atoms. The minimum atomic E-state index is -0.927. The van der Waals surface area contributed by atoms with Gasteiger partial charge in [-0.05, 0) is 103 Å². The number of nitrogens with one attached hydrogen (secondary N) is 1. The number of carbonyl (C=O) groups excluding carboxylic acids is 1. The molecule has 0 saturated heterocycles. The summed E-state index contributed by atoms with van der Waals surface area (Å²) in [5.74, 6) is -1.04. The van der Waals surface area contributed by atoms with E-state index < -0.39 is 5.97 Å². The Bertz CT molecular complexity index is 1530. The Labute approximate surface area is 230 Å². The second-order valence-corrected chi connectivity index (χ2v) is 9.91. The molecule has 5 nitrogen and oxygen atoms in total. The number of carboxylic acid groups (broad SMARTS) is 1. The molecule has 4 N–H and O–H groups in total. The van der Waals surface area contributed by atoms with Gasteiger partial charge in [0, 0.05) is 17.8 Å². The van der Waals surface area contributed by atoms with Gasteiger partial charge >= 0.3 is 5.97 Å². The van der Waals surface area contributed by atoms with Gasteiger partial charge in [0.15, 0.2) is 0 Å². The first-order valence-electron chi connectivity index (χ1n) is 13.0. The van der Waals surface area contributed by atoms with Crippen LogP contribution in [-0.4, -0.2) is 17.0 Å². The van der Waals surface area contributed by atoms with Crippen molar-refractivity contribution in [2.24, 2.45) is 0 Å². The monoisotopic (exact) mass is 518 g/mol. The van der Waals surface area contributed by atoms with Crippen molar-refractivity contribution in [3.05, 3.63) is 130 Å². The summed E-state index contributed by atoms with van der Waals surface area (Å²) in [4.78, 5) is 24.4. The normalized spacial score (nSPS) is 11.6. The number of aryl methyl sites for hydroxylation is 2. The summed E-state index contributed by atoms with van der Waals surface area (Å²) in [7, 11) is 0. The molecule has 0 bridgehead atoms. The Morgan fingerprint density at radius 1 is 0.821 bits per heavy atom. The van der Waals surface area contributed by atoms with Gasteiger partial charge in [0.1, 0.15) is 0 Å². The summed E-state index contributed by atoms with van der Waals surface area (Å²) in [6.07, 6.45) is 1.74. The van der Waals surface area contributed by atoms with Gasteiger partial charge in [-0.1, -0.05) is 66.2 Å². The number of aromatic carboxylic acids is 1. The van der Waals surface area contributed by atoms with Crippen LogP contribution in [0.3, 0.4) is 0 Å². The second kappa shape index (κ2) is 12.3. The van der Waals surface area contributed by atoms with Crippen molar-refractivity contribution in [2.75, 3.05) is 5.73 Å². The molecular formula is C34H34N2O3. The predicted molar refractivity (Wildman–Crippen MR) is 159 cm³/mol. The van der Waals surface area contributed by atoms with Crippen molar-refractivity contribution in [3.63, 3.8) is 0 Å². The lowest BCUT2D eigenvalue weighted by molar-refractivity contribution is 0.0697. The molecule has 0 saturated carbocycles. The highest BCUT2D eigenvalue weighted by Gasteiger charge is 2.12. The van der Waals surface area contributed by atoms with Gasteiger partial charge in [-0.25, -0.2) is 4.79 Å². The van der Waals surface area contributed by atoms with Crippen LogP contribution in [0, 0.1) is 6.92 Å². The van der Waals surface area contributed by atoms with Crippen molar-refractivity contribution >= 4 is 23.1 Å². The van der Waals surface area contributed by atoms with Crippen LogP contribution < -0.4 is 11.1 Å². The van der Waals surface area contributed by atoms with Crippen molar-refractivity contribution in [2.45, 2.75) is 40.2 Å². The number of nitrogens with two attached hydrogens (primary N) is 1. The van der Waals surface area contributed by atoms with Gasteiger partial charge < -0.3 is 16.2 Å². The van der Waals surface area contributed by atoms with Gasteiger partial charge in [-0.3, -0.25) is 4.79 Å². The zero-order valence-electron chi connectivity index (χ0n) is 22.6. The average molecular weight is 519 g/mol. The van der Waals surface area contributed by atoms with Gasteiger partial charge in [-0.2, -0.15) is 0 Å². The van der Waals surface area contributed by atoms with E-state index in [0.29, 0.717) is 23.4 Å². The van der Waals surface area contributed by atoms with Gasteiger partial charge in [0.2, 0.25) is 0 Å². The molecule has 39 heavy (non-hydrogen) atoms. The van der Waals surface area contributed by atoms with Gasteiger partial charge in [-0.15, -0.1) is 0 Å². The number of carbonyl (C=O) groups is 2. The smallest absolute Gasteiger partial charge is 0.336 e. The van der Waals surface area contributed by atoms with E-state index in [9.17, 15) is 14.7 Å². The molecule has 4 aromatic carbocycles. The standard InChI is InChI=1S/C34H34N2O3/c1-22(11-13-25-14-17-27(18-15-25)30-9-4-5-10-31(30)34(38)39)24(3)32-20-28(16-12-23(32)2)33(37)36-21-26-7-6-8-29(35)19-26/h4-10,12,14-20H,11,13,21,35H2,1-3H3,(H,36,37)(H,38,39)/b24-22-. The third kappa shape index (κ3) is 6.82. The van der Waals surface area contributed by atoms with E-state index in [1.165, 1.54) is 16.7 Å². The van der Waals surface area contributed by atoms with E-state index >= 15 is 0 Å². The maximum Gasteiger partial charge on any atom is 0.336 e. The number of allylic oxidation sites excluding steroid dienone is 2. The molecule has 0 radical (unpaired) electrons. The predicted octanol–water partition coefficient (Wildman–Crippen LogP) is 7.30. The SMILES string of the molecule is C/C(CCc1ccc(-c2ccccc2C(=O)O)cc1)=C(\C)c1cc(C(=O)NCc2cccc(N)c2)ccc1C. The van der Waals surface area contributed by atoms with Crippen molar-refractivity contribution < 1.29 is 14.7 Å². The fourth-order valence-corrected chi connectivity index (χ4v) is 4.68. The number of hydrogen-bond donors (Lipinski definition) is 3. The van der Waals surface area contributed by atoms with Gasteiger partial charge in [0.05, 0.1) is 5.56 Å². The van der Waals surface area contributed by atoms with Crippen molar-refractivity contribution in [3.8, 4) is 11.1 Å². The van der Waals surface area contributed by atoms with E-state index in [1.54, 1.807) is 12.1 Å². The van der Waals surface area contributed by atoms with Crippen LogP contribution in [0.15, 0.2) is 96.6 Å². The number of amides is 1. The second-order valence-electron chi connectivity index (χ2n) is 9.91. The zero-order chi connectivity index (χ0) is 27.9. The molecule has 1 amide bonds. The Morgan fingerprint density at radius 3 is 2.28 bits per heavy atom. The first-order valence-corrected chi connectivity index (χ1v) is 13.0. The molecule has 5 heteroatoms. The molecular weight excluding hydrogens is 484 g/mol. The van der Waals surface area contributed by atoms with Crippen LogP contribution in [0.4, 0.5) is 5.69 Å². The van der Waals surface area contributed by atoms with E-state index in [4.69, 9.17) is 5.73 Å². The molecule has 0 aliphatic carbocycles. The summed E-state index contributed by atoms with van der Waals surface area (Å²) in [6, 6.07) is 28.5. The summed E-state index contributed by atoms with van der Waals surface area (Å²) >= 11 is 0. The minimum Gasteiger partial charge on any atom is -0.478 e. The Kier molecular flexibility index (Phi) is 8.62. The highest BCUT2D eigenvalue weighted by molar-refractivity contribution is 5.96. The van der Waals surface area contributed by atoms with Crippen LogP contribution in [0.1, 0.15) is 63.2 Å². The summed E-state index contributed by atoms with van der Waals surface area (Å²) in [5, 5.41) is 12.5. The zero-order valence-corrected chi connectivity index (χ0v) is 22.6. The minimum absolute atomic E-state index is 0.117. The molecule has 4 aromatic rings. The molecule has 198 valence electrons. The van der Waals surface area contributed by atoms with Crippen LogP contribution in [0.2, 0.25) is 0 Å². The number of nitrogen functional groups attached to an aromatic ring is 1. The third-order valence-electron chi connectivity index (χ3n) is 7.16. The van der Waals surface area contributed by atoms with E-state index in [-0.39, 0.29) is 5.91 Å². The molecule has 0 unspecified atom stereocenters. The maximum atomic E-state index is 12.9. The molecule has 0 atom stereocenters. The summed E-state index contributed by atoms with van der Waals surface area (Å²) in [5.41, 5.74) is 15.8. The summed E-state index contributed by atoms with van der Waals surface area (Å²) in [6.45, 7) is 6.73. The van der Waals surface area contributed by atoms with E-state index in [2.05, 4.69) is 38.2 Å². The number of carboxylic acids is 1. The lowest BCUT2D eigenvalue weighted by atomic mass is 9.92. The number of rotatable bonds is 9. The molecule has 0 fully saturated rings. The van der Waals surface area contributed by atoms with Crippen LogP contribution in [0.25, 0.3) is 16.7 Å². The van der Waals surface area contributed by atoms with E-state index in [1.807, 2.05) is 66.7 Å². The summed E-state index contributed by atoms with van der Waals surface area (Å²) < 4.78 is 0. The van der Waals surface area contributed by atoms with Crippen LogP contribution in [0.5, 0.6) is 0 Å². The highest BCUT2D eigenvalue weighted by Crippen LogP contribution is 2.27. The van der Waals surface area contributed by atoms with E-state index in [0.717, 1.165) is 40.7 Å². The first-order chi connectivity index (χ1) is 18.7. The van der Waals surface area contributed by atoms with Crippen molar-refractivity contribution in [1.29, 1.82) is 0 Å². The number of anilines is 1. The molecule has 0 aliphatic rings.